The van der Waals surface area contributed by atoms with Crippen molar-refractivity contribution in [3.63, 3.8) is 0 Å². The summed E-state index contributed by atoms with van der Waals surface area (Å²) in [6.45, 7) is 0. The summed E-state index contributed by atoms with van der Waals surface area (Å²) in [6, 6.07) is 22.5. The lowest BCUT2D eigenvalue weighted by Crippen LogP contribution is -2.13. The van der Waals surface area contributed by atoms with Crippen LogP contribution in [0.3, 0.4) is 0 Å². The number of nitrogens with one attached hydrogen (secondary N) is 2. The Morgan fingerprint density at radius 1 is 0.706 bits per heavy atom. The fraction of sp³-hybridized carbons (Fsp3) is 0.111. The summed E-state index contributed by atoms with van der Waals surface area (Å²) in [4.78, 5) is 30.6. The van der Waals surface area contributed by atoms with Crippen LogP contribution in [-0.2, 0) is 22.4 Å². The molecule has 170 valence electrons. The van der Waals surface area contributed by atoms with Crippen LogP contribution in [-0.4, -0.2) is 32.1 Å². The van der Waals surface area contributed by atoms with E-state index < -0.39 is 17.9 Å². The minimum absolute atomic E-state index is 0.169. The van der Waals surface area contributed by atoms with E-state index in [0.29, 0.717) is 27.5 Å². The second-order valence-electron chi connectivity index (χ2n) is 8.25. The van der Waals surface area contributed by atoms with Gasteiger partial charge in [-0.15, -0.1) is 0 Å². The van der Waals surface area contributed by atoms with Crippen molar-refractivity contribution in [3.8, 4) is 0 Å². The van der Waals surface area contributed by atoms with Gasteiger partial charge in [-0.3, -0.25) is 9.59 Å². The van der Waals surface area contributed by atoms with Gasteiger partial charge >= 0.3 is 11.9 Å². The van der Waals surface area contributed by atoms with Gasteiger partial charge in [0.2, 0.25) is 0 Å². The number of hydrogen-bond acceptors (Lipinski definition) is 2. The van der Waals surface area contributed by atoms with Crippen molar-refractivity contribution < 1.29 is 19.8 Å². The molecular weight excluding hydrogens is 452 g/mol. The fourth-order valence-corrected chi connectivity index (χ4v) is 4.88. The van der Waals surface area contributed by atoms with Gasteiger partial charge in [0.05, 0.1) is 18.8 Å². The molecule has 6 nitrogen and oxygen atoms in total. The SMILES string of the molecule is O=C(O)Cc1c(C(c2ccc(Cl)cc2)c2[nH]c3ccccc3c2CC(=O)O)[nH]c2ccccc12. The Labute approximate surface area is 199 Å². The van der Waals surface area contributed by atoms with Crippen molar-refractivity contribution in [2.24, 2.45) is 0 Å². The lowest BCUT2D eigenvalue weighted by atomic mass is 9.86. The van der Waals surface area contributed by atoms with Crippen molar-refractivity contribution in [1.29, 1.82) is 0 Å². The molecule has 0 spiro atoms. The number of aromatic nitrogens is 2. The third kappa shape index (κ3) is 3.93. The quantitative estimate of drug-likeness (QED) is 0.242. The molecule has 0 fully saturated rings. The molecule has 34 heavy (non-hydrogen) atoms. The number of carboxylic acids is 2. The molecule has 0 radical (unpaired) electrons. The number of aromatic amines is 2. The van der Waals surface area contributed by atoms with Gasteiger partial charge in [-0.25, -0.2) is 0 Å². The molecule has 0 saturated carbocycles. The zero-order valence-corrected chi connectivity index (χ0v) is 18.8. The Kier molecular flexibility index (Phi) is 5.59. The van der Waals surface area contributed by atoms with E-state index in [2.05, 4.69) is 9.97 Å². The van der Waals surface area contributed by atoms with Gasteiger partial charge in [0, 0.05) is 38.2 Å². The van der Waals surface area contributed by atoms with E-state index in [-0.39, 0.29) is 12.8 Å². The number of carbonyl (C=O) groups is 2. The Morgan fingerprint density at radius 2 is 1.15 bits per heavy atom. The Hall–Kier alpha value is -4.03. The van der Waals surface area contributed by atoms with E-state index in [9.17, 15) is 19.8 Å². The first-order valence-corrected chi connectivity index (χ1v) is 11.2. The van der Waals surface area contributed by atoms with Gasteiger partial charge in [0.1, 0.15) is 0 Å². The van der Waals surface area contributed by atoms with Crippen LogP contribution in [0.5, 0.6) is 0 Å². The van der Waals surface area contributed by atoms with Crippen LogP contribution in [0.4, 0.5) is 0 Å². The molecule has 0 unspecified atom stereocenters. The largest absolute Gasteiger partial charge is 0.481 e. The highest BCUT2D eigenvalue weighted by Crippen LogP contribution is 2.40. The molecule has 0 aliphatic heterocycles. The number of benzene rings is 3. The van der Waals surface area contributed by atoms with Crippen LogP contribution in [0.2, 0.25) is 5.02 Å². The van der Waals surface area contributed by atoms with Crippen molar-refractivity contribution in [2.75, 3.05) is 0 Å². The van der Waals surface area contributed by atoms with E-state index in [1.807, 2.05) is 60.7 Å². The molecule has 3 aromatic carbocycles. The van der Waals surface area contributed by atoms with Crippen molar-refractivity contribution in [3.05, 3.63) is 106 Å². The van der Waals surface area contributed by atoms with E-state index in [1.165, 1.54) is 0 Å². The highest BCUT2D eigenvalue weighted by Gasteiger charge is 2.29. The number of rotatable bonds is 7. The maximum Gasteiger partial charge on any atom is 0.307 e. The molecule has 5 rings (SSSR count). The van der Waals surface area contributed by atoms with Crippen LogP contribution in [0, 0.1) is 0 Å². The molecule has 0 saturated heterocycles. The van der Waals surface area contributed by atoms with Crippen LogP contribution in [0.1, 0.15) is 34.0 Å². The highest BCUT2D eigenvalue weighted by molar-refractivity contribution is 6.30. The molecule has 7 heteroatoms. The maximum absolute atomic E-state index is 11.8. The van der Waals surface area contributed by atoms with Gasteiger partial charge in [-0.1, -0.05) is 60.1 Å². The van der Waals surface area contributed by atoms with Gasteiger partial charge in [-0.2, -0.15) is 0 Å². The third-order valence-corrected chi connectivity index (χ3v) is 6.38. The summed E-state index contributed by atoms with van der Waals surface area (Å²) in [5, 5.41) is 21.6. The first-order valence-electron chi connectivity index (χ1n) is 10.8. The lowest BCUT2D eigenvalue weighted by Gasteiger charge is -2.19. The van der Waals surface area contributed by atoms with Crippen LogP contribution >= 0.6 is 11.6 Å². The summed E-state index contributed by atoms with van der Waals surface area (Å²) >= 11 is 6.17. The van der Waals surface area contributed by atoms with Gasteiger partial charge < -0.3 is 20.2 Å². The summed E-state index contributed by atoms with van der Waals surface area (Å²) < 4.78 is 0. The Morgan fingerprint density at radius 3 is 1.59 bits per heavy atom. The zero-order valence-electron chi connectivity index (χ0n) is 18.0. The smallest absolute Gasteiger partial charge is 0.307 e. The predicted molar refractivity (Wildman–Crippen MR) is 132 cm³/mol. The molecule has 5 aromatic rings. The van der Waals surface area contributed by atoms with Gasteiger partial charge in [0.15, 0.2) is 0 Å². The van der Waals surface area contributed by atoms with Crippen LogP contribution < -0.4 is 0 Å². The number of fused-ring (bicyclic) bond motifs is 2. The van der Waals surface area contributed by atoms with Crippen molar-refractivity contribution >= 4 is 45.3 Å². The van der Waals surface area contributed by atoms with Crippen LogP contribution in [0.25, 0.3) is 21.8 Å². The monoisotopic (exact) mass is 472 g/mol. The zero-order chi connectivity index (χ0) is 23.8. The standard InChI is InChI=1S/C27H21ClN2O4/c28-16-11-9-15(10-12-16)25(26-19(13-23(31)32)17-5-1-3-7-21(17)29-26)27-20(14-24(33)34)18-6-2-4-8-22(18)30-27/h1-12,25,29-30H,13-14H2,(H,31,32)(H,33,34). The first kappa shape index (κ1) is 21.8. The normalized spacial score (nSPS) is 11.5. The average molecular weight is 473 g/mol. The lowest BCUT2D eigenvalue weighted by molar-refractivity contribution is -0.137. The van der Waals surface area contributed by atoms with Gasteiger partial charge in [0.25, 0.3) is 0 Å². The minimum atomic E-state index is -0.941. The summed E-state index contributed by atoms with van der Waals surface area (Å²) in [7, 11) is 0. The maximum atomic E-state index is 11.8. The summed E-state index contributed by atoms with van der Waals surface area (Å²) in [6.07, 6.45) is -0.337. The molecule has 2 aromatic heterocycles. The number of aliphatic carboxylic acids is 2. The Balaban J connectivity index is 1.84. The van der Waals surface area contributed by atoms with Crippen molar-refractivity contribution in [1.82, 2.24) is 9.97 Å². The molecular formula is C27H21ClN2O4. The van der Waals surface area contributed by atoms with E-state index in [4.69, 9.17) is 11.6 Å². The third-order valence-electron chi connectivity index (χ3n) is 6.13. The number of H-pyrrole nitrogens is 2. The molecule has 4 N–H and O–H groups in total. The van der Waals surface area contributed by atoms with Crippen molar-refractivity contribution in [2.45, 2.75) is 18.8 Å². The molecule has 0 bridgehead atoms. The van der Waals surface area contributed by atoms with E-state index in [1.54, 1.807) is 12.1 Å². The minimum Gasteiger partial charge on any atom is -0.481 e. The molecule has 0 amide bonds. The Bertz CT molecular complexity index is 1440. The second kappa shape index (κ2) is 8.72. The highest BCUT2D eigenvalue weighted by atomic mass is 35.5. The number of carboxylic acid groups (broad SMARTS) is 2. The second-order valence-corrected chi connectivity index (χ2v) is 8.69. The summed E-state index contributed by atoms with van der Waals surface area (Å²) in [5.74, 6) is -2.34. The van der Waals surface area contributed by atoms with Gasteiger partial charge in [-0.05, 0) is 41.0 Å². The number of para-hydroxylation sites is 2. The van der Waals surface area contributed by atoms with Crippen LogP contribution in [0.15, 0.2) is 72.8 Å². The van der Waals surface area contributed by atoms with E-state index >= 15 is 0 Å². The molecule has 0 atom stereocenters. The topological polar surface area (TPSA) is 106 Å². The predicted octanol–water partition coefficient (Wildman–Crippen LogP) is 5.74. The number of hydrogen-bond donors (Lipinski definition) is 4. The molecule has 0 aliphatic rings. The molecule has 2 heterocycles. The number of halogens is 1. The first-order chi connectivity index (χ1) is 16.4. The summed E-state index contributed by atoms with van der Waals surface area (Å²) in [5.41, 5.74) is 5.27. The molecule has 0 aliphatic carbocycles. The fourth-order valence-electron chi connectivity index (χ4n) is 4.75. The average Bonchev–Trinajstić information content (AvgIpc) is 3.34. The van der Waals surface area contributed by atoms with E-state index in [0.717, 1.165) is 27.4 Å².